The van der Waals surface area contributed by atoms with E-state index in [4.69, 9.17) is 16.6 Å². The van der Waals surface area contributed by atoms with Crippen LogP contribution in [0.2, 0.25) is 0 Å². The van der Waals surface area contributed by atoms with Crippen LogP contribution in [-0.4, -0.2) is 80.8 Å². The van der Waals surface area contributed by atoms with Gasteiger partial charge in [-0.15, -0.1) is 0 Å². The summed E-state index contributed by atoms with van der Waals surface area (Å²) in [5.41, 5.74) is 12.4. The molecular formula is C29H39N5O9. The number of rotatable bonds is 18. The summed E-state index contributed by atoms with van der Waals surface area (Å²) in [6.07, 6.45) is 0.423. The number of nitrogens with one attached hydrogen (secondary N) is 3. The Balaban J connectivity index is 2.32. The third kappa shape index (κ3) is 12.4. The van der Waals surface area contributed by atoms with Gasteiger partial charge in [-0.2, -0.15) is 0 Å². The van der Waals surface area contributed by atoms with Crippen molar-refractivity contribution in [2.45, 2.75) is 69.1 Å². The number of amides is 3. The number of carboxylic acids is 2. The van der Waals surface area contributed by atoms with Crippen LogP contribution in [0.25, 0.3) is 0 Å². The average molecular weight is 602 g/mol. The Labute approximate surface area is 248 Å². The van der Waals surface area contributed by atoms with Crippen LogP contribution in [0.5, 0.6) is 11.5 Å². The maximum absolute atomic E-state index is 13.6. The average Bonchev–Trinajstić information content (AvgIpc) is 2.96. The van der Waals surface area contributed by atoms with Gasteiger partial charge in [0.25, 0.3) is 0 Å². The fraction of sp³-hybridized carbons (Fsp3) is 0.414. The van der Waals surface area contributed by atoms with Crippen molar-refractivity contribution in [3.8, 4) is 11.5 Å². The van der Waals surface area contributed by atoms with Crippen molar-refractivity contribution < 1.29 is 44.4 Å². The van der Waals surface area contributed by atoms with E-state index < -0.39 is 53.8 Å². The molecule has 43 heavy (non-hydrogen) atoms. The van der Waals surface area contributed by atoms with Crippen molar-refractivity contribution in [2.75, 3.05) is 6.54 Å². The first kappa shape index (κ1) is 34.5. The Hall–Kier alpha value is -4.69. The second-order valence-corrected chi connectivity index (χ2v) is 10.1. The van der Waals surface area contributed by atoms with E-state index in [2.05, 4.69) is 16.0 Å². The van der Waals surface area contributed by atoms with Crippen LogP contribution in [-0.2, 0) is 36.8 Å². The normalized spacial score (nSPS) is 13.6. The molecule has 11 N–H and O–H groups in total. The topological polar surface area (TPSA) is 254 Å². The molecule has 0 saturated heterocycles. The van der Waals surface area contributed by atoms with Crippen LogP contribution in [0.15, 0.2) is 48.5 Å². The highest BCUT2D eigenvalue weighted by Crippen LogP contribution is 2.14. The monoisotopic (exact) mass is 601 g/mol. The molecule has 2 aromatic rings. The Kier molecular flexibility index (Phi) is 13.9. The Morgan fingerprint density at radius 3 is 1.51 bits per heavy atom. The number of carbonyl (C=O) groups excluding carboxylic acids is 3. The van der Waals surface area contributed by atoms with E-state index in [1.165, 1.54) is 48.5 Å². The molecule has 0 saturated carbocycles. The van der Waals surface area contributed by atoms with Crippen LogP contribution in [0.1, 0.15) is 43.2 Å². The summed E-state index contributed by atoms with van der Waals surface area (Å²) in [6.45, 7) is 0.355. The van der Waals surface area contributed by atoms with E-state index in [9.17, 15) is 39.3 Å². The number of carbonyl (C=O) groups is 5. The Bertz CT molecular complexity index is 1240. The highest BCUT2D eigenvalue weighted by Gasteiger charge is 2.31. The minimum atomic E-state index is -1.28. The van der Waals surface area contributed by atoms with Gasteiger partial charge in [-0.05, 0) is 67.6 Å². The number of benzene rings is 2. The zero-order chi connectivity index (χ0) is 31.9. The second-order valence-electron chi connectivity index (χ2n) is 10.1. The molecule has 0 heterocycles. The highest BCUT2D eigenvalue weighted by molar-refractivity contribution is 5.94. The first-order chi connectivity index (χ1) is 20.4. The minimum Gasteiger partial charge on any atom is -0.508 e. The molecule has 0 radical (unpaired) electrons. The van der Waals surface area contributed by atoms with Gasteiger partial charge in [0.15, 0.2) is 0 Å². The molecule has 0 aliphatic heterocycles. The first-order valence-electron chi connectivity index (χ1n) is 13.8. The number of nitrogens with two attached hydrogens (primary N) is 2. The van der Waals surface area contributed by atoms with Crippen molar-refractivity contribution >= 4 is 29.7 Å². The number of hydrogen-bond acceptors (Lipinski definition) is 9. The predicted octanol–water partition coefficient (Wildman–Crippen LogP) is -0.257. The number of unbranched alkanes of at least 4 members (excludes halogenated alkanes) is 1. The lowest BCUT2D eigenvalue weighted by Crippen LogP contribution is -2.58. The van der Waals surface area contributed by atoms with Crippen molar-refractivity contribution in [1.29, 1.82) is 0 Å². The van der Waals surface area contributed by atoms with Crippen molar-refractivity contribution in [3.63, 3.8) is 0 Å². The summed E-state index contributed by atoms with van der Waals surface area (Å²) in [7, 11) is 0. The molecule has 0 aromatic heterocycles. The molecular weight excluding hydrogens is 562 g/mol. The van der Waals surface area contributed by atoms with E-state index in [-0.39, 0.29) is 43.6 Å². The number of aliphatic carboxylic acids is 2. The number of carboxylic acid groups (broad SMARTS) is 2. The summed E-state index contributed by atoms with van der Waals surface area (Å²) in [5, 5.41) is 45.4. The quantitative estimate of drug-likeness (QED) is 0.101. The maximum Gasteiger partial charge on any atom is 0.326 e. The van der Waals surface area contributed by atoms with Gasteiger partial charge < -0.3 is 47.8 Å². The molecule has 0 spiro atoms. The van der Waals surface area contributed by atoms with Gasteiger partial charge in [-0.25, -0.2) is 4.79 Å². The molecule has 14 nitrogen and oxygen atoms in total. The van der Waals surface area contributed by atoms with Crippen LogP contribution < -0.4 is 27.4 Å². The molecule has 0 aliphatic rings. The molecule has 0 aliphatic carbocycles. The van der Waals surface area contributed by atoms with Gasteiger partial charge in [0, 0.05) is 19.3 Å². The number of hydrogen-bond donors (Lipinski definition) is 9. The lowest BCUT2D eigenvalue weighted by atomic mass is 10.0. The largest absolute Gasteiger partial charge is 0.508 e. The lowest BCUT2D eigenvalue weighted by molar-refractivity contribution is -0.142. The van der Waals surface area contributed by atoms with E-state index in [0.717, 1.165) is 0 Å². The Morgan fingerprint density at radius 1 is 0.651 bits per heavy atom. The maximum atomic E-state index is 13.6. The van der Waals surface area contributed by atoms with Gasteiger partial charge >= 0.3 is 11.9 Å². The molecule has 2 rings (SSSR count). The predicted molar refractivity (Wildman–Crippen MR) is 155 cm³/mol. The van der Waals surface area contributed by atoms with Gasteiger partial charge in [0.2, 0.25) is 17.7 Å². The number of phenols is 2. The van der Waals surface area contributed by atoms with E-state index >= 15 is 0 Å². The standard InChI is InChI=1S/C29H39N5O9/c30-14-2-1-3-22(29(42)43)32-27(40)24(16-18-6-10-20(36)11-7-18)34-28(41)23(15-17-4-8-19(35)9-5-17)33-26(39)21(31)12-13-25(37)38/h4-11,21-24,35-36H,1-3,12-16,30-31H2,(H,32,40)(H,33,39)(H,34,41)(H,37,38)(H,42,43). The minimum absolute atomic E-state index is 0.0180. The van der Waals surface area contributed by atoms with Crippen molar-refractivity contribution in [3.05, 3.63) is 59.7 Å². The van der Waals surface area contributed by atoms with Crippen LogP contribution in [0.3, 0.4) is 0 Å². The molecule has 4 atom stereocenters. The fourth-order valence-corrected chi connectivity index (χ4v) is 4.14. The second kappa shape index (κ2) is 17.3. The Morgan fingerprint density at radius 2 is 1.09 bits per heavy atom. The van der Waals surface area contributed by atoms with Crippen molar-refractivity contribution in [1.82, 2.24) is 16.0 Å². The molecule has 14 heteroatoms. The summed E-state index contributed by atoms with van der Waals surface area (Å²) >= 11 is 0. The highest BCUT2D eigenvalue weighted by atomic mass is 16.4. The molecule has 0 fully saturated rings. The van der Waals surface area contributed by atoms with Crippen LogP contribution in [0, 0.1) is 0 Å². The molecule has 4 unspecified atom stereocenters. The summed E-state index contributed by atoms with van der Waals surface area (Å²) in [5.74, 6) is -4.80. The molecule has 2 aromatic carbocycles. The van der Waals surface area contributed by atoms with E-state index in [1.807, 2.05) is 0 Å². The molecule has 3 amide bonds. The number of phenolic OH excluding ortho intramolecular Hbond substituents is 2. The van der Waals surface area contributed by atoms with Crippen LogP contribution >= 0.6 is 0 Å². The molecule has 234 valence electrons. The third-order valence-electron chi connectivity index (χ3n) is 6.59. The smallest absolute Gasteiger partial charge is 0.326 e. The van der Waals surface area contributed by atoms with Crippen molar-refractivity contribution in [2.24, 2.45) is 11.5 Å². The zero-order valence-electron chi connectivity index (χ0n) is 23.6. The van der Waals surface area contributed by atoms with Crippen LogP contribution in [0.4, 0.5) is 0 Å². The third-order valence-corrected chi connectivity index (χ3v) is 6.59. The summed E-state index contributed by atoms with van der Waals surface area (Å²) in [6, 6.07) is 6.68. The lowest BCUT2D eigenvalue weighted by Gasteiger charge is -2.25. The van der Waals surface area contributed by atoms with Gasteiger partial charge in [-0.1, -0.05) is 24.3 Å². The summed E-state index contributed by atoms with van der Waals surface area (Å²) < 4.78 is 0. The van der Waals surface area contributed by atoms with E-state index in [1.54, 1.807) is 0 Å². The molecule has 0 bridgehead atoms. The van der Waals surface area contributed by atoms with E-state index in [0.29, 0.717) is 30.5 Å². The first-order valence-corrected chi connectivity index (χ1v) is 13.8. The SMILES string of the molecule is NCCCCC(NC(=O)C(Cc1ccc(O)cc1)NC(=O)C(Cc1ccc(O)cc1)NC(=O)C(N)CCC(=O)O)C(=O)O. The van der Waals surface area contributed by atoms with Gasteiger partial charge in [-0.3, -0.25) is 19.2 Å². The number of aromatic hydroxyl groups is 2. The fourth-order valence-electron chi connectivity index (χ4n) is 4.14. The van der Waals surface area contributed by atoms with Gasteiger partial charge in [0.1, 0.15) is 29.6 Å². The summed E-state index contributed by atoms with van der Waals surface area (Å²) in [4.78, 5) is 62.4. The van der Waals surface area contributed by atoms with Gasteiger partial charge in [0.05, 0.1) is 6.04 Å². The zero-order valence-corrected chi connectivity index (χ0v) is 23.6.